The van der Waals surface area contributed by atoms with Crippen molar-refractivity contribution in [2.75, 3.05) is 46.3 Å². The number of aromatic nitrogens is 2. The van der Waals surface area contributed by atoms with Crippen molar-refractivity contribution in [2.24, 2.45) is 0 Å². The van der Waals surface area contributed by atoms with Gasteiger partial charge in [0.15, 0.2) is 0 Å². The molecular formula is C13H23N5O. The topological polar surface area (TPSA) is 64.3 Å². The Morgan fingerprint density at radius 2 is 2.00 bits per heavy atom. The van der Waals surface area contributed by atoms with Crippen LogP contribution in [0.15, 0.2) is 0 Å². The Kier molecular flexibility index (Phi) is 4.55. The van der Waals surface area contributed by atoms with Crippen LogP contribution in [0.25, 0.3) is 0 Å². The van der Waals surface area contributed by atoms with E-state index in [2.05, 4.69) is 32.4 Å². The van der Waals surface area contributed by atoms with Crippen LogP contribution in [-0.4, -0.2) is 72.2 Å². The van der Waals surface area contributed by atoms with E-state index in [4.69, 9.17) is 0 Å². The zero-order chi connectivity index (χ0) is 13.8. The highest BCUT2D eigenvalue weighted by Crippen LogP contribution is 2.08. The average molecular weight is 265 g/mol. The number of nitrogens with one attached hydrogen (secondary N) is 2. The van der Waals surface area contributed by atoms with Crippen molar-refractivity contribution in [1.82, 2.24) is 25.3 Å². The third-order valence-electron chi connectivity index (χ3n) is 3.66. The lowest BCUT2D eigenvalue weighted by molar-refractivity contribution is 0.0940. The number of hydrogen-bond acceptors (Lipinski definition) is 4. The number of hydrogen-bond donors (Lipinski definition) is 2. The quantitative estimate of drug-likeness (QED) is 0.804. The number of aromatic amines is 1. The van der Waals surface area contributed by atoms with Crippen LogP contribution in [-0.2, 0) is 0 Å². The molecule has 106 valence electrons. The fourth-order valence-electron chi connectivity index (χ4n) is 2.37. The molecule has 1 aromatic rings. The molecule has 1 aliphatic heterocycles. The smallest absolute Gasteiger partial charge is 0.255 e. The number of carbonyl (C=O) groups excluding carboxylic acids is 1. The standard InChI is InChI=1S/C13H23N5O/c1-10-12(11(2)16-15-10)13(19)14-4-5-18-8-6-17(3)7-9-18/h4-9H2,1-3H3,(H,14,19)(H,15,16). The molecule has 0 radical (unpaired) electrons. The fourth-order valence-corrected chi connectivity index (χ4v) is 2.37. The summed E-state index contributed by atoms with van der Waals surface area (Å²) in [5, 5.41) is 9.85. The van der Waals surface area contributed by atoms with Crippen molar-refractivity contribution in [3.05, 3.63) is 17.0 Å². The normalized spacial score (nSPS) is 17.6. The minimum Gasteiger partial charge on any atom is -0.351 e. The summed E-state index contributed by atoms with van der Waals surface area (Å²) in [7, 11) is 2.14. The van der Waals surface area contributed by atoms with Gasteiger partial charge in [-0.2, -0.15) is 5.10 Å². The van der Waals surface area contributed by atoms with Crippen LogP contribution in [0.3, 0.4) is 0 Å². The van der Waals surface area contributed by atoms with E-state index in [9.17, 15) is 4.79 Å². The van der Waals surface area contributed by atoms with E-state index in [-0.39, 0.29) is 5.91 Å². The third-order valence-corrected chi connectivity index (χ3v) is 3.66. The first kappa shape index (κ1) is 14.0. The highest BCUT2D eigenvalue weighted by atomic mass is 16.1. The molecule has 6 heteroatoms. The monoisotopic (exact) mass is 265 g/mol. The van der Waals surface area contributed by atoms with Crippen LogP contribution in [0, 0.1) is 13.8 Å². The Morgan fingerprint density at radius 1 is 1.32 bits per heavy atom. The lowest BCUT2D eigenvalue weighted by atomic mass is 10.2. The van der Waals surface area contributed by atoms with E-state index < -0.39 is 0 Å². The number of carbonyl (C=O) groups is 1. The SMILES string of the molecule is Cc1n[nH]c(C)c1C(=O)NCCN1CCN(C)CC1. The molecule has 0 aromatic carbocycles. The Morgan fingerprint density at radius 3 is 2.58 bits per heavy atom. The van der Waals surface area contributed by atoms with Crippen molar-refractivity contribution < 1.29 is 4.79 Å². The van der Waals surface area contributed by atoms with Gasteiger partial charge >= 0.3 is 0 Å². The van der Waals surface area contributed by atoms with Crippen LogP contribution in [0.1, 0.15) is 21.7 Å². The summed E-state index contributed by atoms with van der Waals surface area (Å²) in [6.07, 6.45) is 0. The van der Waals surface area contributed by atoms with Gasteiger partial charge in [-0.15, -0.1) is 0 Å². The van der Waals surface area contributed by atoms with Gasteiger partial charge < -0.3 is 10.2 Å². The van der Waals surface area contributed by atoms with Gasteiger partial charge in [-0.3, -0.25) is 14.8 Å². The van der Waals surface area contributed by atoms with Crippen molar-refractivity contribution in [3.63, 3.8) is 0 Å². The van der Waals surface area contributed by atoms with Gasteiger partial charge in [0.2, 0.25) is 0 Å². The Balaban J connectivity index is 1.75. The molecule has 0 spiro atoms. The summed E-state index contributed by atoms with van der Waals surface area (Å²) in [6, 6.07) is 0. The molecule has 2 rings (SSSR count). The predicted molar refractivity (Wildman–Crippen MR) is 74.3 cm³/mol. The molecule has 1 saturated heterocycles. The summed E-state index contributed by atoms with van der Waals surface area (Å²) in [5.74, 6) is -0.0297. The van der Waals surface area contributed by atoms with Crippen LogP contribution in [0.2, 0.25) is 0 Å². The second kappa shape index (κ2) is 6.16. The van der Waals surface area contributed by atoms with Gasteiger partial charge in [-0.05, 0) is 20.9 Å². The van der Waals surface area contributed by atoms with Gasteiger partial charge in [-0.25, -0.2) is 0 Å². The Bertz CT molecular complexity index is 415. The molecule has 1 aliphatic rings. The number of piperazine rings is 1. The summed E-state index contributed by atoms with van der Waals surface area (Å²) in [6.45, 7) is 9.68. The zero-order valence-electron chi connectivity index (χ0n) is 12.0. The summed E-state index contributed by atoms with van der Waals surface area (Å²) in [5.41, 5.74) is 2.27. The first-order chi connectivity index (χ1) is 9.08. The first-order valence-corrected chi connectivity index (χ1v) is 6.78. The molecule has 1 fully saturated rings. The lowest BCUT2D eigenvalue weighted by Gasteiger charge is -2.32. The Labute approximate surface area is 114 Å². The van der Waals surface area contributed by atoms with E-state index in [0.717, 1.165) is 44.1 Å². The molecule has 0 aliphatic carbocycles. The van der Waals surface area contributed by atoms with Crippen molar-refractivity contribution in [3.8, 4) is 0 Å². The molecule has 0 atom stereocenters. The average Bonchev–Trinajstić information content (AvgIpc) is 2.71. The van der Waals surface area contributed by atoms with Gasteiger partial charge in [0.1, 0.15) is 0 Å². The first-order valence-electron chi connectivity index (χ1n) is 6.78. The molecule has 2 heterocycles. The molecule has 19 heavy (non-hydrogen) atoms. The summed E-state index contributed by atoms with van der Waals surface area (Å²) >= 11 is 0. The second-order valence-electron chi connectivity index (χ2n) is 5.21. The predicted octanol–water partition coefficient (Wildman–Crippen LogP) is 0.00374. The Hall–Kier alpha value is -1.40. The molecule has 1 aromatic heterocycles. The number of rotatable bonds is 4. The van der Waals surface area contributed by atoms with Gasteiger partial charge in [-0.1, -0.05) is 0 Å². The maximum Gasteiger partial charge on any atom is 0.255 e. The lowest BCUT2D eigenvalue weighted by Crippen LogP contribution is -2.46. The minimum atomic E-state index is -0.0297. The molecule has 2 N–H and O–H groups in total. The van der Waals surface area contributed by atoms with Crippen LogP contribution >= 0.6 is 0 Å². The highest BCUT2D eigenvalue weighted by molar-refractivity contribution is 5.96. The summed E-state index contributed by atoms with van der Waals surface area (Å²) < 4.78 is 0. The maximum atomic E-state index is 12.0. The number of amides is 1. The molecule has 0 unspecified atom stereocenters. The molecule has 0 bridgehead atoms. The largest absolute Gasteiger partial charge is 0.351 e. The molecule has 0 saturated carbocycles. The van der Waals surface area contributed by atoms with Crippen molar-refractivity contribution in [2.45, 2.75) is 13.8 Å². The minimum absolute atomic E-state index is 0.0297. The van der Waals surface area contributed by atoms with Gasteiger partial charge in [0, 0.05) is 45.0 Å². The molecular weight excluding hydrogens is 242 g/mol. The van der Waals surface area contributed by atoms with E-state index in [0.29, 0.717) is 12.1 Å². The number of aryl methyl sites for hydroxylation is 2. The zero-order valence-corrected chi connectivity index (χ0v) is 12.0. The number of nitrogens with zero attached hydrogens (tertiary/aromatic N) is 3. The van der Waals surface area contributed by atoms with Crippen LogP contribution < -0.4 is 5.32 Å². The molecule has 6 nitrogen and oxygen atoms in total. The van der Waals surface area contributed by atoms with Crippen molar-refractivity contribution >= 4 is 5.91 Å². The van der Waals surface area contributed by atoms with Gasteiger partial charge in [0.25, 0.3) is 5.91 Å². The molecule has 1 amide bonds. The van der Waals surface area contributed by atoms with Gasteiger partial charge in [0.05, 0.1) is 11.3 Å². The third kappa shape index (κ3) is 3.54. The van der Waals surface area contributed by atoms with Crippen LogP contribution in [0.5, 0.6) is 0 Å². The van der Waals surface area contributed by atoms with E-state index >= 15 is 0 Å². The summed E-state index contributed by atoms with van der Waals surface area (Å²) in [4.78, 5) is 16.8. The van der Waals surface area contributed by atoms with E-state index in [1.807, 2.05) is 13.8 Å². The van der Waals surface area contributed by atoms with E-state index in [1.54, 1.807) is 0 Å². The van der Waals surface area contributed by atoms with E-state index in [1.165, 1.54) is 0 Å². The number of H-pyrrole nitrogens is 1. The van der Waals surface area contributed by atoms with Crippen LogP contribution in [0.4, 0.5) is 0 Å². The highest BCUT2D eigenvalue weighted by Gasteiger charge is 2.16. The number of likely N-dealkylation sites (N-methyl/N-ethyl adjacent to an activating group) is 1. The van der Waals surface area contributed by atoms with Crippen molar-refractivity contribution in [1.29, 1.82) is 0 Å². The maximum absolute atomic E-state index is 12.0. The fraction of sp³-hybridized carbons (Fsp3) is 0.692. The second-order valence-corrected chi connectivity index (χ2v) is 5.21.